The number of Topliss-reactive ketones (excluding diaryl/α,β-unsaturated/α-hetero) is 1. The molecule has 3 aromatic carbocycles. The molecule has 1 unspecified atom stereocenters. The van der Waals surface area contributed by atoms with E-state index in [1.807, 2.05) is 30.3 Å². The van der Waals surface area contributed by atoms with Crippen LogP contribution in [0.2, 0.25) is 5.02 Å². The highest BCUT2D eigenvalue weighted by atomic mass is 35.5. The Morgan fingerprint density at radius 1 is 0.800 bits per heavy atom. The summed E-state index contributed by atoms with van der Waals surface area (Å²) in [5, 5.41) is 3.22. The van der Waals surface area contributed by atoms with Crippen LogP contribution in [0.25, 0.3) is 0 Å². The zero-order valence-electron chi connectivity index (χ0n) is 16.1. The summed E-state index contributed by atoms with van der Waals surface area (Å²) in [6.45, 7) is -0.424. The third-order valence-corrected chi connectivity index (χ3v) is 4.67. The van der Waals surface area contributed by atoms with E-state index in [9.17, 15) is 14.4 Å². The number of nitrogens with one attached hydrogen (secondary N) is 1. The maximum Gasteiger partial charge on any atom is 0.329 e. The average molecular weight is 422 g/mol. The monoisotopic (exact) mass is 421 g/mol. The van der Waals surface area contributed by atoms with Gasteiger partial charge in [-0.05, 0) is 42.0 Å². The number of rotatable bonds is 8. The number of esters is 1. The molecule has 0 aliphatic rings. The van der Waals surface area contributed by atoms with Crippen LogP contribution in [0.3, 0.4) is 0 Å². The van der Waals surface area contributed by atoms with Crippen LogP contribution in [-0.2, 0) is 16.0 Å². The Balaban J connectivity index is 1.68. The molecule has 0 radical (unpaired) electrons. The van der Waals surface area contributed by atoms with E-state index >= 15 is 0 Å². The van der Waals surface area contributed by atoms with Gasteiger partial charge in [0.2, 0.25) is 0 Å². The first-order valence-electron chi connectivity index (χ1n) is 9.38. The summed E-state index contributed by atoms with van der Waals surface area (Å²) in [7, 11) is 0. The molecule has 0 fully saturated rings. The van der Waals surface area contributed by atoms with Crippen molar-refractivity contribution in [2.75, 3.05) is 6.61 Å². The van der Waals surface area contributed by atoms with E-state index in [1.54, 1.807) is 54.6 Å². The van der Waals surface area contributed by atoms with Crippen LogP contribution in [0.1, 0.15) is 26.3 Å². The SMILES string of the molecule is O=C(COC(=O)C(Cc1ccccc1)NC(=O)c1ccccc1)c1ccc(Cl)cc1. The van der Waals surface area contributed by atoms with E-state index in [4.69, 9.17) is 16.3 Å². The van der Waals surface area contributed by atoms with E-state index in [2.05, 4.69) is 5.32 Å². The van der Waals surface area contributed by atoms with Crippen molar-refractivity contribution in [3.63, 3.8) is 0 Å². The second-order valence-corrected chi connectivity index (χ2v) is 7.06. The number of amides is 1. The van der Waals surface area contributed by atoms with Crippen molar-refractivity contribution in [1.82, 2.24) is 5.32 Å². The zero-order valence-corrected chi connectivity index (χ0v) is 16.8. The number of carbonyl (C=O) groups is 3. The van der Waals surface area contributed by atoms with Gasteiger partial charge in [0.05, 0.1) is 0 Å². The highest BCUT2D eigenvalue weighted by Gasteiger charge is 2.24. The van der Waals surface area contributed by atoms with Crippen molar-refractivity contribution >= 4 is 29.3 Å². The lowest BCUT2D eigenvalue weighted by molar-refractivity contribution is -0.144. The Kier molecular flexibility index (Phi) is 7.35. The molecule has 0 aliphatic carbocycles. The van der Waals surface area contributed by atoms with Gasteiger partial charge < -0.3 is 10.1 Å². The maximum absolute atomic E-state index is 12.7. The molecule has 0 bridgehead atoms. The van der Waals surface area contributed by atoms with Crippen molar-refractivity contribution in [3.8, 4) is 0 Å². The number of ether oxygens (including phenoxy) is 1. The molecule has 1 amide bonds. The van der Waals surface area contributed by atoms with Crippen molar-refractivity contribution in [1.29, 1.82) is 0 Å². The number of hydrogen-bond donors (Lipinski definition) is 1. The summed E-state index contributed by atoms with van der Waals surface area (Å²) in [6.07, 6.45) is 0.243. The van der Waals surface area contributed by atoms with Crippen LogP contribution in [0.4, 0.5) is 0 Å². The van der Waals surface area contributed by atoms with Gasteiger partial charge in [-0.25, -0.2) is 4.79 Å². The minimum Gasteiger partial charge on any atom is -0.456 e. The molecular weight excluding hydrogens is 402 g/mol. The molecular formula is C24H20ClNO4. The first kappa shape index (κ1) is 21.3. The van der Waals surface area contributed by atoms with Crippen LogP contribution >= 0.6 is 11.6 Å². The number of benzene rings is 3. The second-order valence-electron chi connectivity index (χ2n) is 6.62. The summed E-state index contributed by atoms with van der Waals surface area (Å²) in [5.74, 6) is -1.42. The Hall–Kier alpha value is -3.44. The smallest absolute Gasteiger partial charge is 0.329 e. The van der Waals surface area contributed by atoms with Crippen LogP contribution < -0.4 is 5.32 Å². The number of ketones is 1. The lowest BCUT2D eigenvalue weighted by atomic mass is 10.1. The number of halogens is 1. The molecule has 0 aromatic heterocycles. The lowest BCUT2D eigenvalue weighted by Crippen LogP contribution is -2.43. The van der Waals surface area contributed by atoms with Crippen LogP contribution in [0, 0.1) is 0 Å². The maximum atomic E-state index is 12.7. The summed E-state index contributed by atoms with van der Waals surface area (Å²) < 4.78 is 5.22. The molecule has 152 valence electrons. The fourth-order valence-electron chi connectivity index (χ4n) is 2.83. The van der Waals surface area contributed by atoms with E-state index in [1.165, 1.54) is 0 Å². The number of carbonyl (C=O) groups excluding carboxylic acids is 3. The first-order chi connectivity index (χ1) is 14.5. The molecule has 0 aliphatic heterocycles. The summed E-state index contributed by atoms with van der Waals surface area (Å²) in [4.78, 5) is 37.5. The van der Waals surface area contributed by atoms with E-state index in [-0.39, 0.29) is 12.2 Å². The van der Waals surface area contributed by atoms with Crippen LogP contribution in [0.15, 0.2) is 84.9 Å². The topological polar surface area (TPSA) is 72.5 Å². The van der Waals surface area contributed by atoms with Gasteiger partial charge in [-0.15, -0.1) is 0 Å². The minimum atomic E-state index is -0.932. The summed E-state index contributed by atoms with van der Waals surface area (Å²) >= 11 is 5.82. The van der Waals surface area contributed by atoms with E-state index in [0.717, 1.165) is 5.56 Å². The Bertz CT molecular complexity index is 1000. The Labute approximate surface area is 179 Å². The van der Waals surface area contributed by atoms with Crippen LogP contribution in [0.5, 0.6) is 0 Å². The lowest BCUT2D eigenvalue weighted by Gasteiger charge is -2.18. The largest absolute Gasteiger partial charge is 0.456 e. The van der Waals surface area contributed by atoms with Gasteiger partial charge in [-0.2, -0.15) is 0 Å². The molecule has 1 atom stereocenters. The molecule has 0 saturated carbocycles. The molecule has 30 heavy (non-hydrogen) atoms. The molecule has 0 saturated heterocycles. The van der Waals surface area contributed by atoms with Gasteiger partial charge in [0.1, 0.15) is 6.04 Å². The van der Waals surface area contributed by atoms with Crippen molar-refractivity contribution in [2.45, 2.75) is 12.5 Å². The fraction of sp³-hybridized carbons (Fsp3) is 0.125. The predicted octanol–water partition coefficient (Wildman–Crippen LogP) is 4.11. The van der Waals surface area contributed by atoms with Gasteiger partial charge in [-0.1, -0.05) is 60.1 Å². The van der Waals surface area contributed by atoms with Crippen LogP contribution in [-0.4, -0.2) is 30.3 Å². The predicted molar refractivity (Wildman–Crippen MR) is 115 cm³/mol. The third kappa shape index (κ3) is 6.03. The third-order valence-electron chi connectivity index (χ3n) is 4.42. The van der Waals surface area contributed by atoms with E-state index in [0.29, 0.717) is 16.1 Å². The van der Waals surface area contributed by atoms with Gasteiger partial charge in [0, 0.05) is 22.6 Å². The second kappa shape index (κ2) is 10.4. The molecule has 3 aromatic rings. The fourth-order valence-corrected chi connectivity index (χ4v) is 2.96. The van der Waals surface area contributed by atoms with Crippen molar-refractivity contribution in [3.05, 3.63) is 107 Å². The Morgan fingerprint density at radius 3 is 2.03 bits per heavy atom. The van der Waals surface area contributed by atoms with Gasteiger partial charge in [0.25, 0.3) is 5.91 Å². The Morgan fingerprint density at radius 2 is 1.40 bits per heavy atom. The highest BCUT2D eigenvalue weighted by molar-refractivity contribution is 6.30. The average Bonchev–Trinajstić information content (AvgIpc) is 2.78. The first-order valence-corrected chi connectivity index (χ1v) is 9.76. The molecule has 3 rings (SSSR count). The van der Waals surface area contributed by atoms with Crippen molar-refractivity contribution < 1.29 is 19.1 Å². The molecule has 0 heterocycles. The minimum absolute atomic E-state index is 0.243. The number of hydrogen-bond acceptors (Lipinski definition) is 4. The summed E-state index contributed by atoms with van der Waals surface area (Å²) in [6, 6.07) is 23.3. The van der Waals surface area contributed by atoms with E-state index < -0.39 is 24.5 Å². The van der Waals surface area contributed by atoms with Gasteiger partial charge in [0.15, 0.2) is 12.4 Å². The van der Waals surface area contributed by atoms with Gasteiger partial charge in [-0.3, -0.25) is 9.59 Å². The molecule has 6 heteroatoms. The highest BCUT2D eigenvalue weighted by Crippen LogP contribution is 2.11. The quantitative estimate of drug-likeness (QED) is 0.439. The molecule has 5 nitrogen and oxygen atoms in total. The zero-order chi connectivity index (χ0) is 21.3. The molecule has 0 spiro atoms. The van der Waals surface area contributed by atoms with Gasteiger partial charge >= 0.3 is 5.97 Å². The molecule has 1 N–H and O–H groups in total. The van der Waals surface area contributed by atoms with Crippen molar-refractivity contribution in [2.24, 2.45) is 0 Å². The summed E-state index contributed by atoms with van der Waals surface area (Å²) in [5.41, 5.74) is 1.68. The standard InChI is InChI=1S/C24H20ClNO4/c25-20-13-11-18(12-14-20)22(27)16-30-24(29)21(15-17-7-3-1-4-8-17)26-23(28)19-9-5-2-6-10-19/h1-14,21H,15-16H2,(H,26,28). The normalized spacial score (nSPS) is 11.4.